The number of benzene rings is 2. The van der Waals surface area contributed by atoms with Crippen molar-refractivity contribution in [3.63, 3.8) is 0 Å². The summed E-state index contributed by atoms with van der Waals surface area (Å²) in [7, 11) is 1.97. The van der Waals surface area contributed by atoms with E-state index in [9.17, 15) is 5.11 Å². The molecular weight excluding hydrogens is 258 g/mol. The lowest BCUT2D eigenvalue weighted by atomic mass is 9.93. The summed E-state index contributed by atoms with van der Waals surface area (Å²) < 4.78 is 0. The SMILES string of the molecule is CNCC/C=C1/c2ccccc2CCc2c(O)cccc21. The van der Waals surface area contributed by atoms with Crippen LogP contribution in [0.5, 0.6) is 5.75 Å². The molecule has 2 heteroatoms. The summed E-state index contributed by atoms with van der Waals surface area (Å²) in [6, 6.07) is 14.4. The fraction of sp³-hybridized carbons (Fsp3) is 0.263. The highest BCUT2D eigenvalue weighted by Gasteiger charge is 2.19. The zero-order chi connectivity index (χ0) is 14.7. The van der Waals surface area contributed by atoms with Crippen LogP contribution in [0.2, 0.25) is 0 Å². The van der Waals surface area contributed by atoms with Crippen molar-refractivity contribution in [3.05, 3.63) is 70.8 Å². The largest absolute Gasteiger partial charge is 0.508 e. The fourth-order valence-electron chi connectivity index (χ4n) is 3.08. The van der Waals surface area contributed by atoms with Gasteiger partial charge in [-0.15, -0.1) is 0 Å². The molecule has 2 nitrogen and oxygen atoms in total. The third-order valence-corrected chi connectivity index (χ3v) is 4.14. The maximum Gasteiger partial charge on any atom is 0.119 e. The van der Waals surface area contributed by atoms with Gasteiger partial charge in [-0.3, -0.25) is 0 Å². The molecule has 3 rings (SSSR count). The summed E-state index contributed by atoms with van der Waals surface area (Å²) in [6.07, 6.45) is 5.14. The van der Waals surface area contributed by atoms with Crippen LogP contribution in [0.3, 0.4) is 0 Å². The molecule has 1 aliphatic rings. The van der Waals surface area contributed by atoms with Gasteiger partial charge in [0.25, 0.3) is 0 Å². The Morgan fingerprint density at radius 1 is 1.05 bits per heavy atom. The first-order valence-electron chi connectivity index (χ1n) is 7.55. The van der Waals surface area contributed by atoms with E-state index in [2.05, 4.69) is 41.7 Å². The van der Waals surface area contributed by atoms with Crippen LogP contribution < -0.4 is 5.32 Å². The smallest absolute Gasteiger partial charge is 0.119 e. The normalized spacial score (nSPS) is 15.4. The first-order valence-corrected chi connectivity index (χ1v) is 7.55. The molecule has 0 amide bonds. The highest BCUT2D eigenvalue weighted by molar-refractivity contribution is 5.84. The van der Waals surface area contributed by atoms with E-state index in [0.717, 1.165) is 31.4 Å². The van der Waals surface area contributed by atoms with E-state index in [0.29, 0.717) is 5.75 Å². The number of phenolic OH excluding ortho intramolecular Hbond substituents is 1. The van der Waals surface area contributed by atoms with Crippen LogP contribution in [-0.4, -0.2) is 18.7 Å². The molecule has 0 aliphatic heterocycles. The minimum atomic E-state index is 0.417. The molecule has 0 atom stereocenters. The van der Waals surface area contributed by atoms with Crippen LogP contribution in [0, 0.1) is 0 Å². The Morgan fingerprint density at radius 3 is 2.71 bits per heavy atom. The number of hydrogen-bond acceptors (Lipinski definition) is 2. The van der Waals surface area contributed by atoms with Gasteiger partial charge in [0.2, 0.25) is 0 Å². The van der Waals surface area contributed by atoms with Crippen molar-refractivity contribution in [2.75, 3.05) is 13.6 Å². The van der Waals surface area contributed by atoms with Crippen molar-refractivity contribution in [1.82, 2.24) is 5.32 Å². The Kier molecular flexibility index (Phi) is 4.07. The summed E-state index contributed by atoms with van der Waals surface area (Å²) in [5.41, 5.74) is 6.17. The van der Waals surface area contributed by atoms with Gasteiger partial charge in [0.1, 0.15) is 5.75 Å². The first kappa shape index (κ1) is 13.9. The van der Waals surface area contributed by atoms with Gasteiger partial charge in [0.15, 0.2) is 0 Å². The lowest BCUT2D eigenvalue weighted by Crippen LogP contribution is -2.06. The molecule has 2 aromatic carbocycles. The second kappa shape index (κ2) is 6.15. The molecule has 2 N–H and O–H groups in total. The molecule has 108 valence electrons. The monoisotopic (exact) mass is 279 g/mol. The standard InChI is InChI=1S/C19H21NO/c1-20-13-5-9-16-15-7-3-2-6-14(15)11-12-18-17(16)8-4-10-19(18)21/h2-4,6-10,20-21H,5,11-13H2,1H3/b16-9-. The van der Waals surface area contributed by atoms with Crippen LogP contribution in [0.15, 0.2) is 48.5 Å². The van der Waals surface area contributed by atoms with Crippen molar-refractivity contribution in [3.8, 4) is 5.75 Å². The lowest BCUT2D eigenvalue weighted by Gasteiger charge is -2.13. The van der Waals surface area contributed by atoms with E-state index < -0.39 is 0 Å². The number of hydrogen-bond donors (Lipinski definition) is 2. The number of aryl methyl sites for hydroxylation is 1. The van der Waals surface area contributed by atoms with E-state index >= 15 is 0 Å². The predicted octanol–water partition coefficient (Wildman–Crippen LogP) is 3.53. The van der Waals surface area contributed by atoms with Crippen LogP contribution in [0.4, 0.5) is 0 Å². The van der Waals surface area contributed by atoms with Crippen molar-refractivity contribution in [2.24, 2.45) is 0 Å². The maximum atomic E-state index is 10.2. The molecule has 21 heavy (non-hydrogen) atoms. The lowest BCUT2D eigenvalue weighted by molar-refractivity contribution is 0.468. The molecule has 0 radical (unpaired) electrons. The van der Waals surface area contributed by atoms with Gasteiger partial charge in [0.05, 0.1) is 0 Å². The Morgan fingerprint density at radius 2 is 1.86 bits per heavy atom. The van der Waals surface area contributed by atoms with Gasteiger partial charge in [-0.2, -0.15) is 0 Å². The summed E-state index contributed by atoms with van der Waals surface area (Å²) in [4.78, 5) is 0. The molecule has 0 heterocycles. The first-order chi connectivity index (χ1) is 10.3. The van der Waals surface area contributed by atoms with Crippen molar-refractivity contribution < 1.29 is 5.11 Å². The Hall–Kier alpha value is -2.06. The molecule has 0 unspecified atom stereocenters. The van der Waals surface area contributed by atoms with E-state index in [1.807, 2.05) is 13.1 Å². The molecule has 0 aromatic heterocycles. The number of phenols is 1. The van der Waals surface area contributed by atoms with Gasteiger partial charge in [-0.1, -0.05) is 42.5 Å². The zero-order valence-corrected chi connectivity index (χ0v) is 12.4. The average molecular weight is 279 g/mol. The zero-order valence-electron chi connectivity index (χ0n) is 12.4. The summed E-state index contributed by atoms with van der Waals surface area (Å²) in [5, 5.41) is 13.4. The van der Waals surface area contributed by atoms with Gasteiger partial charge < -0.3 is 10.4 Å². The summed E-state index contributed by atoms with van der Waals surface area (Å²) in [5.74, 6) is 0.417. The van der Waals surface area contributed by atoms with E-state index in [1.54, 1.807) is 6.07 Å². The third-order valence-electron chi connectivity index (χ3n) is 4.14. The molecule has 0 saturated carbocycles. The topological polar surface area (TPSA) is 32.3 Å². The summed E-state index contributed by atoms with van der Waals surface area (Å²) in [6.45, 7) is 0.958. The van der Waals surface area contributed by atoms with Gasteiger partial charge in [0, 0.05) is 5.56 Å². The average Bonchev–Trinajstić information content (AvgIpc) is 2.66. The Labute approximate surface area is 126 Å². The van der Waals surface area contributed by atoms with Crippen LogP contribution in [-0.2, 0) is 12.8 Å². The second-order valence-electron chi connectivity index (χ2n) is 5.47. The second-order valence-corrected chi connectivity index (χ2v) is 5.47. The molecule has 0 saturated heterocycles. The number of aromatic hydroxyl groups is 1. The number of fused-ring (bicyclic) bond motifs is 2. The minimum Gasteiger partial charge on any atom is -0.508 e. The highest BCUT2D eigenvalue weighted by Crippen LogP contribution is 2.37. The number of nitrogens with one attached hydrogen (secondary N) is 1. The van der Waals surface area contributed by atoms with Crippen LogP contribution in [0.25, 0.3) is 5.57 Å². The molecule has 1 aliphatic carbocycles. The van der Waals surface area contributed by atoms with Gasteiger partial charge in [-0.05, 0) is 61.2 Å². The fourth-order valence-corrected chi connectivity index (χ4v) is 3.08. The molecule has 2 aromatic rings. The predicted molar refractivity (Wildman–Crippen MR) is 87.6 cm³/mol. The highest BCUT2D eigenvalue weighted by atomic mass is 16.3. The van der Waals surface area contributed by atoms with E-state index in [-0.39, 0.29) is 0 Å². The van der Waals surface area contributed by atoms with Crippen molar-refractivity contribution >= 4 is 5.57 Å². The van der Waals surface area contributed by atoms with E-state index in [4.69, 9.17) is 0 Å². The van der Waals surface area contributed by atoms with Gasteiger partial charge >= 0.3 is 0 Å². The Balaban J connectivity index is 2.15. The molecular formula is C19H21NO. The number of rotatable bonds is 3. The van der Waals surface area contributed by atoms with Crippen LogP contribution in [0.1, 0.15) is 28.7 Å². The molecule has 0 fully saturated rings. The van der Waals surface area contributed by atoms with E-state index in [1.165, 1.54) is 22.3 Å². The van der Waals surface area contributed by atoms with Crippen molar-refractivity contribution in [2.45, 2.75) is 19.3 Å². The quantitative estimate of drug-likeness (QED) is 0.842. The third kappa shape index (κ3) is 2.72. The van der Waals surface area contributed by atoms with Crippen molar-refractivity contribution in [1.29, 1.82) is 0 Å². The molecule has 0 bridgehead atoms. The Bertz CT molecular complexity index is 673. The maximum absolute atomic E-state index is 10.2. The minimum absolute atomic E-state index is 0.417. The van der Waals surface area contributed by atoms with Crippen LogP contribution >= 0.6 is 0 Å². The van der Waals surface area contributed by atoms with Gasteiger partial charge in [-0.25, -0.2) is 0 Å². The molecule has 0 spiro atoms. The summed E-state index contributed by atoms with van der Waals surface area (Å²) >= 11 is 0.